The van der Waals surface area contributed by atoms with E-state index in [1.165, 1.54) is 11.8 Å². The van der Waals surface area contributed by atoms with Crippen molar-refractivity contribution in [3.8, 4) is 0 Å². The molecule has 0 saturated carbocycles. The summed E-state index contributed by atoms with van der Waals surface area (Å²) in [6.45, 7) is 6.84. The molecule has 0 aliphatic carbocycles. The van der Waals surface area contributed by atoms with E-state index in [1.807, 2.05) is 6.07 Å². The Morgan fingerprint density at radius 1 is 0.931 bits per heavy atom. The van der Waals surface area contributed by atoms with Crippen LogP contribution in [0.15, 0.2) is 59.6 Å². The highest BCUT2D eigenvalue weighted by atomic mass is 19.1. The average Bonchev–Trinajstić information content (AvgIpc) is 2.77. The van der Waals surface area contributed by atoms with Crippen LogP contribution in [0.25, 0.3) is 0 Å². The van der Waals surface area contributed by atoms with E-state index in [2.05, 4.69) is 55.8 Å². The molecule has 156 valence electrons. The van der Waals surface area contributed by atoms with Crippen LogP contribution in [0.5, 0.6) is 0 Å². The van der Waals surface area contributed by atoms with Gasteiger partial charge in [-0.15, -0.1) is 0 Å². The van der Waals surface area contributed by atoms with Crippen LogP contribution in [-0.4, -0.2) is 57.2 Å². The first-order chi connectivity index (χ1) is 14.3. The zero-order valence-corrected chi connectivity index (χ0v) is 17.3. The van der Waals surface area contributed by atoms with Gasteiger partial charge >= 0.3 is 0 Å². The summed E-state index contributed by atoms with van der Waals surface area (Å²) >= 11 is 0. The Labute approximate surface area is 173 Å². The number of guanidine groups is 1. The third-order valence-electron chi connectivity index (χ3n) is 5.31. The highest BCUT2D eigenvalue weighted by molar-refractivity contribution is 5.79. The maximum absolute atomic E-state index is 13.7. The number of hydrogen-bond donors (Lipinski definition) is 2. The van der Waals surface area contributed by atoms with Crippen molar-refractivity contribution < 1.29 is 4.39 Å². The molecular weight excluding hydrogens is 365 g/mol. The molecule has 0 radical (unpaired) electrons. The van der Waals surface area contributed by atoms with E-state index < -0.39 is 0 Å². The molecule has 0 spiro atoms. The average molecular weight is 398 g/mol. The zero-order valence-electron chi connectivity index (χ0n) is 17.3. The van der Waals surface area contributed by atoms with Gasteiger partial charge in [0.05, 0.1) is 0 Å². The molecule has 2 aromatic carbocycles. The van der Waals surface area contributed by atoms with Gasteiger partial charge in [-0.25, -0.2) is 4.39 Å². The van der Waals surface area contributed by atoms with Crippen LogP contribution in [-0.2, 0) is 6.54 Å². The predicted molar refractivity (Wildman–Crippen MR) is 119 cm³/mol. The summed E-state index contributed by atoms with van der Waals surface area (Å²) in [6, 6.07) is 17.5. The molecule has 1 aliphatic rings. The number of rotatable bonds is 8. The van der Waals surface area contributed by atoms with Gasteiger partial charge in [0.2, 0.25) is 0 Å². The van der Waals surface area contributed by atoms with Gasteiger partial charge in [0, 0.05) is 57.6 Å². The van der Waals surface area contributed by atoms with E-state index in [1.54, 1.807) is 19.2 Å². The topological polar surface area (TPSA) is 42.9 Å². The lowest BCUT2D eigenvalue weighted by Crippen LogP contribution is -2.46. The molecule has 3 rings (SSSR count). The summed E-state index contributed by atoms with van der Waals surface area (Å²) in [4.78, 5) is 9.22. The summed E-state index contributed by atoms with van der Waals surface area (Å²) in [5.74, 6) is 0.521. The molecule has 2 aromatic rings. The smallest absolute Gasteiger partial charge is 0.191 e. The van der Waals surface area contributed by atoms with E-state index >= 15 is 0 Å². The molecule has 1 heterocycles. The lowest BCUT2D eigenvalue weighted by Gasteiger charge is -2.36. The van der Waals surface area contributed by atoms with Crippen molar-refractivity contribution in [1.82, 2.24) is 15.5 Å². The Morgan fingerprint density at radius 2 is 1.66 bits per heavy atom. The molecule has 1 aliphatic heterocycles. The normalized spacial score (nSPS) is 15.4. The predicted octanol–water partition coefficient (Wildman–Crippen LogP) is 3.09. The SMILES string of the molecule is CN=C(NCCCCN1CCN(c2ccccc2)CC1)NCc1ccccc1F. The standard InChI is InChI=1S/C23H32FN5/c1-25-23(27-19-20-9-5-6-12-22(20)24)26-13-7-8-14-28-15-17-29(18-16-28)21-10-3-2-4-11-21/h2-6,9-12H,7-8,13-19H2,1H3,(H2,25,26,27). The molecular formula is C23H32FN5. The van der Waals surface area contributed by atoms with E-state index in [0.29, 0.717) is 18.1 Å². The van der Waals surface area contributed by atoms with Crippen molar-refractivity contribution in [1.29, 1.82) is 0 Å². The third-order valence-corrected chi connectivity index (χ3v) is 5.31. The first-order valence-electron chi connectivity index (χ1n) is 10.5. The fourth-order valence-electron chi connectivity index (χ4n) is 3.58. The second-order valence-electron chi connectivity index (χ2n) is 7.32. The third kappa shape index (κ3) is 6.75. The number of nitrogens with zero attached hydrogens (tertiary/aromatic N) is 3. The first kappa shape index (κ1) is 21.1. The lowest BCUT2D eigenvalue weighted by molar-refractivity contribution is 0.253. The largest absolute Gasteiger partial charge is 0.369 e. The number of halogens is 1. The van der Waals surface area contributed by atoms with Gasteiger partial charge in [-0.1, -0.05) is 36.4 Å². The molecule has 0 unspecified atom stereocenters. The Bertz CT molecular complexity index is 757. The number of piperazine rings is 1. The summed E-state index contributed by atoms with van der Waals surface area (Å²) in [5.41, 5.74) is 1.97. The van der Waals surface area contributed by atoms with Crippen molar-refractivity contribution in [2.45, 2.75) is 19.4 Å². The number of nitrogens with one attached hydrogen (secondary N) is 2. The molecule has 6 heteroatoms. The minimum atomic E-state index is -0.192. The van der Waals surface area contributed by atoms with Crippen LogP contribution in [0.2, 0.25) is 0 Å². The molecule has 0 amide bonds. The van der Waals surface area contributed by atoms with Gasteiger partial charge < -0.3 is 15.5 Å². The van der Waals surface area contributed by atoms with Gasteiger partial charge in [-0.2, -0.15) is 0 Å². The fourth-order valence-corrected chi connectivity index (χ4v) is 3.58. The zero-order chi connectivity index (χ0) is 20.3. The molecule has 29 heavy (non-hydrogen) atoms. The summed E-state index contributed by atoms with van der Waals surface area (Å²) in [6.07, 6.45) is 2.24. The Hall–Kier alpha value is -2.60. The maximum atomic E-state index is 13.7. The van der Waals surface area contributed by atoms with Gasteiger partial charge in [-0.3, -0.25) is 9.89 Å². The Morgan fingerprint density at radius 3 is 2.38 bits per heavy atom. The summed E-state index contributed by atoms with van der Waals surface area (Å²) < 4.78 is 13.7. The molecule has 2 N–H and O–H groups in total. The number of benzene rings is 2. The van der Waals surface area contributed by atoms with Crippen molar-refractivity contribution in [3.05, 3.63) is 66.0 Å². The van der Waals surface area contributed by atoms with Crippen LogP contribution in [0.1, 0.15) is 18.4 Å². The minimum Gasteiger partial charge on any atom is -0.369 e. The maximum Gasteiger partial charge on any atom is 0.191 e. The molecule has 0 atom stereocenters. The summed E-state index contributed by atoms with van der Waals surface area (Å²) in [5, 5.41) is 6.49. The van der Waals surface area contributed by atoms with E-state index in [0.717, 1.165) is 52.1 Å². The fraction of sp³-hybridized carbons (Fsp3) is 0.435. The van der Waals surface area contributed by atoms with Crippen molar-refractivity contribution in [2.24, 2.45) is 4.99 Å². The number of para-hydroxylation sites is 1. The molecule has 0 bridgehead atoms. The van der Waals surface area contributed by atoms with Crippen LogP contribution in [0, 0.1) is 5.82 Å². The number of hydrogen-bond acceptors (Lipinski definition) is 3. The monoisotopic (exact) mass is 397 g/mol. The summed E-state index contributed by atoms with van der Waals surface area (Å²) in [7, 11) is 1.74. The van der Waals surface area contributed by atoms with Crippen LogP contribution < -0.4 is 15.5 Å². The van der Waals surface area contributed by atoms with E-state index in [9.17, 15) is 4.39 Å². The van der Waals surface area contributed by atoms with Gasteiger partial charge in [0.1, 0.15) is 5.82 Å². The van der Waals surface area contributed by atoms with E-state index in [-0.39, 0.29) is 5.82 Å². The molecule has 0 aromatic heterocycles. The first-order valence-corrected chi connectivity index (χ1v) is 10.5. The van der Waals surface area contributed by atoms with Crippen molar-refractivity contribution >= 4 is 11.6 Å². The number of aliphatic imine (C=N–C) groups is 1. The Kier molecular flexibility index (Phi) is 8.31. The molecule has 1 fully saturated rings. The number of unbranched alkanes of at least 4 members (excludes halogenated alkanes) is 1. The quantitative estimate of drug-likeness (QED) is 0.408. The van der Waals surface area contributed by atoms with Crippen molar-refractivity contribution in [3.63, 3.8) is 0 Å². The Balaban J connectivity index is 1.27. The second-order valence-corrected chi connectivity index (χ2v) is 7.32. The minimum absolute atomic E-state index is 0.192. The van der Waals surface area contributed by atoms with E-state index in [4.69, 9.17) is 0 Å². The van der Waals surface area contributed by atoms with Gasteiger partial charge in [0.25, 0.3) is 0 Å². The lowest BCUT2D eigenvalue weighted by atomic mass is 10.2. The van der Waals surface area contributed by atoms with Gasteiger partial charge in [0.15, 0.2) is 5.96 Å². The van der Waals surface area contributed by atoms with Gasteiger partial charge in [-0.05, 0) is 37.6 Å². The second kappa shape index (κ2) is 11.4. The van der Waals surface area contributed by atoms with Crippen molar-refractivity contribution in [2.75, 3.05) is 51.2 Å². The highest BCUT2D eigenvalue weighted by Crippen LogP contribution is 2.15. The molecule has 1 saturated heterocycles. The van der Waals surface area contributed by atoms with Crippen LogP contribution in [0.4, 0.5) is 10.1 Å². The highest BCUT2D eigenvalue weighted by Gasteiger charge is 2.16. The van der Waals surface area contributed by atoms with Crippen LogP contribution >= 0.6 is 0 Å². The van der Waals surface area contributed by atoms with Crippen LogP contribution in [0.3, 0.4) is 0 Å². The molecule has 5 nitrogen and oxygen atoms in total. The number of anilines is 1.